The lowest BCUT2D eigenvalue weighted by molar-refractivity contribution is -0.119. The molecule has 1 atom stereocenters. The molecule has 18 heavy (non-hydrogen) atoms. The van der Waals surface area contributed by atoms with Gasteiger partial charge in [0.25, 0.3) is 5.91 Å². The molecule has 0 saturated carbocycles. The molecule has 0 aliphatic carbocycles. The average molecular weight is 275 g/mol. The first-order valence-corrected chi connectivity index (χ1v) is 7.65. The van der Waals surface area contributed by atoms with Gasteiger partial charge in [-0.2, -0.15) is 21.9 Å². The minimum absolute atomic E-state index is 0.0120. The maximum absolute atomic E-state index is 12.2. The van der Waals surface area contributed by atoms with E-state index in [1.54, 1.807) is 11.8 Å². The van der Waals surface area contributed by atoms with E-state index >= 15 is 0 Å². The standard InChI is InChI=1S/C12H9N3OS2/c16-11-7-5-17-6-9(7)14-15(11)12-13-8-3-1-2-4-10(8)18-12/h1-4,7H,5-6H2. The summed E-state index contributed by atoms with van der Waals surface area (Å²) < 4.78 is 1.09. The molecular weight excluding hydrogens is 266 g/mol. The van der Waals surface area contributed by atoms with Crippen molar-refractivity contribution in [1.82, 2.24) is 4.98 Å². The summed E-state index contributed by atoms with van der Waals surface area (Å²) in [6.45, 7) is 0. The van der Waals surface area contributed by atoms with Crippen LogP contribution < -0.4 is 5.01 Å². The Morgan fingerprint density at radius 1 is 1.33 bits per heavy atom. The third kappa shape index (κ3) is 1.42. The first-order valence-electron chi connectivity index (χ1n) is 5.67. The minimum Gasteiger partial charge on any atom is -0.272 e. The van der Waals surface area contributed by atoms with E-state index in [4.69, 9.17) is 0 Å². The summed E-state index contributed by atoms with van der Waals surface area (Å²) in [5.74, 6) is 1.80. The zero-order valence-electron chi connectivity index (χ0n) is 9.37. The molecule has 3 heterocycles. The van der Waals surface area contributed by atoms with Crippen LogP contribution in [0.4, 0.5) is 5.13 Å². The Kier molecular flexibility index (Phi) is 2.22. The predicted octanol–water partition coefficient (Wildman–Crippen LogP) is 2.36. The van der Waals surface area contributed by atoms with Gasteiger partial charge in [0.1, 0.15) is 0 Å². The van der Waals surface area contributed by atoms with Gasteiger partial charge in [-0.15, -0.1) is 0 Å². The smallest absolute Gasteiger partial charge is 0.259 e. The molecule has 1 amide bonds. The van der Waals surface area contributed by atoms with Crippen LogP contribution in [0, 0.1) is 5.92 Å². The van der Waals surface area contributed by atoms with Crippen LogP contribution in [0.1, 0.15) is 0 Å². The molecule has 2 aliphatic heterocycles. The van der Waals surface area contributed by atoms with Crippen molar-refractivity contribution in [2.24, 2.45) is 11.0 Å². The normalized spacial score (nSPS) is 22.7. The molecular formula is C12H9N3OS2. The van der Waals surface area contributed by atoms with E-state index in [1.807, 2.05) is 24.3 Å². The van der Waals surface area contributed by atoms with Crippen molar-refractivity contribution in [3.63, 3.8) is 0 Å². The van der Waals surface area contributed by atoms with Crippen molar-refractivity contribution in [2.75, 3.05) is 16.5 Å². The SMILES string of the molecule is O=C1C2CSCC2=NN1c1nc2ccccc2s1. The number of thioether (sulfide) groups is 1. The third-order valence-corrected chi connectivity index (χ3v) is 5.22. The topological polar surface area (TPSA) is 45.6 Å². The Labute approximate surface area is 112 Å². The maximum Gasteiger partial charge on any atom is 0.259 e. The van der Waals surface area contributed by atoms with E-state index in [9.17, 15) is 4.79 Å². The number of anilines is 1. The zero-order chi connectivity index (χ0) is 12.1. The molecule has 2 aliphatic rings. The highest BCUT2D eigenvalue weighted by molar-refractivity contribution is 8.00. The molecule has 0 bridgehead atoms. The van der Waals surface area contributed by atoms with Gasteiger partial charge < -0.3 is 0 Å². The van der Waals surface area contributed by atoms with Crippen molar-refractivity contribution in [3.05, 3.63) is 24.3 Å². The lowest BCUT2D eigenvalue weighted by atomic mass is 10.1. The molecule has 4 nitrogen and oxygen atoms in total. The molecule has 6 heteroatoms. The Hall–Kier alpha value is -1.40. The van der Waals surface area contributed by atoms with E-state index in [0.717, 1.165) is 27.4 Å². The number of rotatable bonds is 1. The number of fused-ring (bicyclic) bond motifs is 2. The number of carbonyl (C=O) groups is 1. The van der Waals surface area contributed by atoms with Crippen LogP contribution in [-0.2, 0) is 4.79 Å². The molecule has 2 aromatic rings. The highest BCUT2D eigenvalue weighted by atomic mass is 32.2. The number of para-hydroxylation sites is 1. The van der Waals surface area contributed by atoms with Crippen molar-refractivity contribution in [3.8, 4) is 0 Å². The molecule has 1 aromatic heterocycles. The highest BCUT2D eigenvalue weighted by Crippen LogP contribution is 2.35. The summed E-state index contributed by atoms with van der Waals surface area (Å²) in [6.07, 6.45) is 0. The van der Waals surface area contributed by atoms with Crippen molar-refractivity contribution >= 4 is 50.1 Å². The number of carbonyl (C=O) groups excluding carboxylic acids is 1. The van der Waals surface area contributed by atoms with Crippen molar-refractivity contribution in [1.29, 1.82) is 0 Å². The van der Waals surface area contributed by atoms with Gasteiger partial charge in [0.2, 0.25) is 5.13 Å². The second-order valence-electron chi connectivity index (χ2n) is 4.27. The Morgan fingerprint density at radius 3 is 3.06 bits per heavy atom. The van der Waals surface area contributed by atoms with Crippen LogP contribution in [0.25, 0.3) is 10.2 Å². The molecule has 4 rings (SSSR count). The summed E-state index contributed by atoms with van der Waals surface area (Å²) in [7, 11) is 0. The van der Waals surface area contributed by atoms with E-state index in [2.05, 4.69) is 10.1 Å². The van der Waals surface area contributed by atoms with Crippen LogP contribution in [0.2, 0.25) is 0 Å². The fraction of sp³-hybridized carbons (Fsp3) is 0.250. The van der Waals surface area contributed by atoms with Crippen LogP contribution in [0.15, 0.2) is 29.4 Å². The van der Waals surface area contributed by atoms with E-state index in [-0.39, 0.29) is 11.8 Å². The molecule has 0 N–H and O–H groups in total. The van der Waals surface area contributed by atoms with Gasteiger partial charge in [-0.05, 0) is 12.1 Å². The predicted molar refractivity (Wildman–Crippen MR) is 75.4 cm³/mol. The van der Waals surface area contributed by atoms with E-state index in [1.165, 1.54) is 16.3 Å². The number of aromatic nitrogens is 1. The molecule has 0 spiro atoms. The fourth-order valence-corrected chi connectivity index (χ4v) is 4.28. The Balaban J connectivity index is 1.79. The third-order valence-electron chi connectivity index (χ3n) is 3.14. The van der Waals surface area contributed by atoms with Gasteiger partial charge in [-0.3, -0.25) is 4.79 Å². The zero-order valence-corrected chi connectivity index (χ0v) is 11.0. The van der Waals surface area contributed by atoms with Crippen molar-refractivity contribution < 1.29 is 4.79 Å². The van der Waals surface area contributed by atoms with Crippen LogP contribution in [0.3, 0.4) is 0 Å². The molecule has 0 radical (unpaired) electrons. The lowest BCUT2D eigenvalue weighted by Crippen LogP contribution is -2.27. The quantitative estimate of drug-likeness (QED) is 0.802. The highest BCUT2D eigenvalue weighted by Gasteiger charge is 2.40. The van der Waals surface area contributed by atoms with E-state index < -0.39 is 0 Å². The lowest BCUT2D eigenvalue weighted by Gasteiger charge is -2.08. The number of benzene rings is 1. The van der Waals surface area contributed by atoms with Crippen LogP contribution in [-0.4, -0.2) is 28.1 Å². The first-order chi connectivity index (χ1) is 8.83. The van der Waals surface area contributed by atoms with Gasteiger partial charge in [-0.1, -0.05) is 23.5 Å². The van der Waals surface area contributed by atoms with Gasteiger partial charge in [0.15, 0.2) is 0 Å². The van der Waals surface area contributed by atoms with E-state index in [0.29, 0.717) is 5.13 Å². The minimum atomic E-state index is -0.0120. The number of hydrogen-bond donors (Lipinski definition) is 0. The van der Waals surface area contributed by atoms with Crippen LogP contribution >= 0.6 is 23.1 Å². The van der Waals surface area contributed by atoms with Gasteiger partial charge >= 0.3 is 0 Å². The molecule has 1 saturated heterocycles. The molecule has 1 unspecified atom stereocenters. The number of hydrogen-bond acceptors (Lipinski definition) is 5. The maximum atomic E-state index is 12.2. The molecule has 90 valence electrons. The van der Waals surface area contributed by atoms with Gasteiger partial charge in [0.05, 0.1) is 21.8 Å². The fourth-order valence-electron chi connectivity index (χ4n) is 2.20. The van der Waals surface area contributed by atoms with Crippen molar-refractivity contribution in [2.45, 2.75) is 0 Å². The summed E-state index contributed by atoms with van der Waals surface area (Å²) >= 11 is 3.29. The summed E-state index contributed by atoms with van der Waals surface area (Å²) in [6, 6.07) is 7.91. The number of nitrogens with zero attached hydrogens (tertiary/aromatic N) is 3. The Morgan fingerprint density at radius 2 is 2.22 bits per heavy atom. The summed E-state index contributed by atoms with van der Waals surface area (Å²) in [4.78, 5) is 16.7. The monoisotopic (exact) mass is 275 g/mol. The second kappa shape index (κ2) is 3.80. The first kappa shape index (κ1) is 10.5. The van der Waals surface area contributed by atoms with Gasteiger partial charge in [0, 0.05) is 11.5 Å². The number of hydrazone groups is 1. The largest absolute Gasteiger partial charge is 0.272 e. The number of amides is 1. The number of thiazole rings is 1. The summed E-state index contributed by atoms with van der Waals surface area (Å²) in [5, 5.41) is 6.60. The van der Waals surface area contributed by atoms with Gasteiger partial charge in [-0.25, -0.2) is 4.98 Å². The molecule has 1 fully saturated rings. The summed E-state index contributed by atoms with van der Waals surface area (Å²) in [5.41, 5.74) is 1.93. The Bertz CT molecular complexity index is 646. The second-order valence-corrected chi connectivity index (χ2v) is 6.31. The van der Waals surface area contributed by atoms with Crippen LogP contribution in [0.5, 0.6) is 0 Å². The average Bonchev–Trinajstić information content (AvgIpc) is 3.04. The molecule has 1 aromatic carbocycles.